The van der Waals surface area contributed by atoms with Gasteiger partial charge in [0.05, 0.1) is 30.7 Å². The first kappa shape index (κ1) is 24.2. The van der Waals surface area contributed by atoms with Gasteiger partial charge in [0.25, 0.3) is 21.9 Å². The smallest absolute Gasteiger partial charge is 0.272 e. The molecule has 0 saturated carbocycles. The third-order valence-corrected chi connectivity index (χ3v) is 4.77. The van der Waals surface area contributed by atoms with Crippen LogP contribution in [0.2, 0.25) is 0 Å². The fourth-order valence-corrected chi connectivity index (χ4v) is 3.14. The predicted octanol–water partition coefficient (Wildman–Crippen LogP) is 1.06. The lowest BCUT2D eigenvalue weighted by Gasteiger charge is -2.03. The summed E-state index contributed by atoms with van der Waals surface area (Å²) in [5, 5.41) is 8.10. The normalized spacial score (nSPS) is 11.2. The van der Waals surface area contributed by atoms with Crippen LogP contribution in [0.5, 0.6) is 0 Å². The average Bonchev–Trinajstić information content (AvgIpc) is 3.20. The molecule has 3 N–H and O–H groups in total. The molecule has 0 radical (unpaired) electrons. The maximum absolute atomic E-state index is 12.6. The van der Waals surface area contributed by atoms with Crippen molar-refractivity contribution in [2.75, 3.05) is 30.0 Å². The molecule has 0 saturated heterocycles. The highest BCUT2D eigenvalue weighted by Crippen LogP contribution is 2.17. The van der Waals surface area contributed by atoms with Gasteiger partial charge in [0, 0.05) is 33.0 Å². The molecule has 2 aromatic heterocycles. The molecule has 0 spiro atoms. The number of hydrogen-bond donors (Lipinski definition) is 3. The van der Waals surface area contributed by atoms with Crippen molar-refractivity contribution in [3.05, 3.63) is 35.9 Å². The quantitative estimate of drug-likeness (QED) is 0.460. The molecule has 170 valence electrons. The Hall–Kier alpha value is -3.12. The summed E-state index contributed by atoms with van der Waals surface area (Å²) in [6, 6.07) is 3.07. The summed E-state index contributed by atoms with van der Waals surface area (Å²) < 4.78 is 29.5. The third kappa shape index (κ3) is 7.26. The van der Waals surface area contributed by atoms with Crippen molar-refractivity contribution < 1.29 is 27.0 Å². The Labute approximate surface area is 180 Å². The van der Waals surface area contributed by atoms with Gasteiger partial charge in [-0.2, -0.15) is 8.42 Å². The average molecular weight is 454 g/mol. The summed E-state index contributed by atoms with van der Waals surface area (Å²) in [7, 11) is -0.258. The number of anilines is 2. The zero-order chi connectivity index (χ0) is 23.2. The van der Waals surface area contributed by atoms with Gasteiger partial charge in [0.15, 0.2) is 0 Å². The van der Waals surface area contributed by atoms with E-state index in [1.807, 2.05) is 6.92 Å². The molecule has 0 aromatic carbocycles. The Kier molecular flexibility index (Phi) is 8.00. The Balaban J connectivity index is 2.00. The first-order valence-electron chi connectivity index (χ1n) is 9.56. The molecule has 0 aliphatic carbocycles. The highest BCUT2D eigenvalue weighted by Gasteiger charge is 2.17. The fourth-order valence-electron chi connectivity index (χ4n) is 2.75. The van der Waals surface area contributed by atoms with Gasteiger partial charge in [0.2, 0.25) is 5.91 Å². The number of hydrogen-bond acceptors (Lipinski definition) is 6. The molecule has 12 heteroatoms. The molecular formula is C19H27N5O6S. The van der Waals surface area contributed by atoms with E-state index in [9.17, 15) is 22.8 Å². The Bertz CT molecular complexity index is 1070. The van der Waals surface area contributed by atoms with E-state index in [0.29, 0.717) is 23.6 Å². The number of carbonyl (C=O) groups is 3. The molecule has 2 rings (SSSR count). The second-order valence-corrected chi connectivity index (χ2v) is 8.63. The molecule has 2 aromatic rings. The Morgan fingerprint density at radius 3 is 2.06 bits per heavy atom. The molecular weight excluding hydrogens is 426 g/mol. The van der Waals surface area contributed by atoms with E-state index >= 15 is 0 Å². The summed E-state index contributed by atoms with van der Waals surface area (Å²) in [6.07, 6.45) is 4.75. The lowest BCUT2D eigenvalue weighted by Crippen LogP contribution is -2.25. The Morgan fingerprint density at radius 1 is 0.968 bits per heavy atom. The number of nitrogens with one attached hydrogen (secondary N) is 3. The summed E-state index contributed by atoms with van der Waals surface area (Å²) in [5.41, 5.74) is 1.53. The van der Waals surface area contributed by atoms with Crippen molar-refractivity contribution >= 4 is 39.2 Å². The van der Waals surface area contributed by atoms with Crippen molar-refractivity contribution in [1.29, 1.82) is 0 Å². The lowest BCUT2D eigenvalue weighted by atomic mass is 10.3. The molecule has 0 bridgehead atoms. The van der Waals surface area contributed by atoms with Crippen LogP contribution in [-0.4, -0.2) is 54.7 Å². The minimum absolute atomic E-state index is 0.156. The van der Waals surface area contributed by atoms with E-state index in [4.69, 9.17) is 0 Å². The van der Waals surface area contributed by atoms with Crippen molar-refractivity contribution in [1.82, 2.24) is 14.5 Å². The highest BCUT2D eigenvalue weighted by atomic mass is 32.2. The maximum atomic E-state index is 12.6. The fraction of sp³-hybridized carbons (Fsp3) is 0.421. The number of amides is 3. The van der Waals surface area contributed by atoms with E-state index in [1.54, 1.807) is 37.1 Å². The Morgan fingerprint density at radius 2 is 1.52 bits per heavy atom. The van der Waals surface area contributed by atoms with Crippen molar-refractivity contribution in [3.63, 3.8) is 0 Å². The first-order valence-corrected chi connectivity index (χ1v) is 11.4. The minimum Gasteiger partial charge on any atom is -0.351 e. The zero-order valence-electron chi connectivity index (χ0n) is 17.9. The van der Waals surface area contributed by atoms with Crippen molar-refractivity contribution in [2.24, 2.45) is 14.1 Å². The van der Waals surface area contributed by atoms with Gasteiger partial charge in [-0.3, -0.25) is 18.6 Å². The second kappa shape index (κ2) is 10.3. The minimum atomic E-state index is -3.61. The third-order valence-electron chi connectivity index (χ3n) is 4.18. The summed E-state index contributed by atoms with van der Waals surface area (Å²) in [5.74, 6) is -1.10. The predicted molar refractivity (Wildman–Crippen MR) is 115 cm³/mol. The number of carbonyl (C=O) groups excluding carboxylic acids is 3. The van der Waals surface area contributed by atoms with Gasteiger partial charge < -0.3 is 25.1 Å². The molecule has 0 aliphatic heterocycles. The van der Waals surface area contributed by atoms with Gasteiger partial charge >= 0.3 is 0 Å². The monoisotopic (exact) mass is 453 g/mol. The zero-order valence-corrected chi connectivity index (χ0v) is 18.7. The standard InChI is InChI=1S/C19H27N5O6S/c1-5-7-20-18(26)15-10-14(12-23(15)2)22-19(27)16-9-13(11-24(16)3)21-17(25)6-8-30-31(4,28)29/h9-12H,5-8H2,1-4H3,(H,20,26)(H,21,25)(H,22,27). The summed E-state index contributed by atoms with van der Waals surface area (Å²) in [4.78, 5) is 36.7. The summed E-state index contributed by atoms with van der Waals surface area (Å²) >= 11 is 0. The topological polar surface area (TPSA) is 141 Å². The molecule has 0 atom stereocenters. The van der Waals surface area contributed by atoms with Crippen LogP contribution in [0.4, 0.5) is 11.4 Å². The number of nitrogens with zero attached hydrogens (tertiary/aromatic N) is 2. The van der Waals surface area contributed by atoms with Gasteiger partial charge in [-0.15, -0.1) is 0 Å². The van der Waals surface area contributed by atoms with E-state index in [1.165, 1.54) is 10.6 Å². The number of aromatic nitrogens is 2. The molecule has 31 heavy (non-hydrogen) atoms. The number of aryl methyl sites for hydroxylation is 2. The van der Waals surface area contributed by atoms with E-state index in [-0.39, 0.29) is 24.6 Å². The molecule has 0 aliphatic rings. The highest BCUT2D eigenvalue weighted by molar-refractivity contribution is 7.85. The van der Waals surface area contributed by atoms with Gasteiger partial charge in [-0.05, 0) is 18.6 Å². The van der Waals surface area contributed by atoms with E-state index in [2.05, 4.69) is 20.1 Å². The second-order valence-electron chi connectivity index (χ2n) is 6.98. The van der Waals surface area contributed by atoms with Gasteiger partial charge in [0.1, 0.15) is 11.4 Å². The molecule has 11 nitrogen and oxygen atoms in total. The van der Waals surface area contributed by atoms with Crippen LogP contribution in [0.15, 0.2) is 24.5 Å². The maximum Gasteiger partial charge on any atom is 0.272 e. The van der Waals surface area contributed by atoms with Crippen LogP contribution < -0.4 is 16.0 Å². The number of rotatable bonds is 10. The first-order chi connectivity index (χ1) is 14.5. The van der Waals surface area contributed by atoms with Crippen molar-refractivity contribution in [3.8, 4) is 0 Å². The van der Waals surface area contributed by atoms with Crippen LogP contribution in [-0.2, 0) is 33.2 Å². The summed E-state index contributed by atoms with van der Waals surface area (Å²) in [6.45, 7) is 2.24. The van der Waals surface area contributed by atoms with Gasteiger partial charge in [-0.25, -0.2) is 0 Å². The van der Waals surface area contributed by atoms with Crippen LogP contribution in [0.25, 0.3) is 0 Å². The van der Waals surface area contributed by atoms with Gasteiger partial charge in [-0.1, -0.05) is 6.92 Å². The van der Waals surface area contributed by atoms with Crippen LogP contribution >= 0.6 is 0 Å². The SMILES string of the molecule is CCCNC(=O)c1cc(NC(=O)c2cc(NC(=O)CCOS(C)(=O)=O)cn2C)cn1C. The van der Waals surface area contributed by atoms with Crippen LogP contribution in [0, 0.1) is 0 Å². The molecule has 0 fully saturated rings. The largest absolute Gasteiger partial charge is 0.351 e. The van der Waals surface area contributed by atoms with Crippen molar-refractivity contribution in [2.45, 2.75) is 19.8 Å². The van der Waals surface area contributed by atoms with Crippen LogP contribution in [0.3, 0.4) is 0 Å². The van der Waals surface area contributed by atoms with E-state index < -0.39 is 21.9 Å². The van der Waals surface area contributed by atoms with Crippen LogP contribution in [0.1, 0.15) is 40.7 Å². The van der Waals surface area contributed by atoms with E-state index in [0.717, 1.165) is 12.7 Å². The molecule has 0 unspecified atom stereocenters. The molecule has 3 amide bonds. The lowest BCUT2D eigenvalue weighted by molar-refractivity contribution is -0.116. The molecule has 2 heterocycles.